The normalized spacial score (nSPS) is 16.2. The average molecular weight is 1290 g/mol. The smallest absolute Gasteiger partial charge is 0.227 e. The van der Waals surface area contributed by atoms with Crippen LogP contribution in [0.5, 0.6) is 0 Å². The molecule has 0 unspecified atom stereocenters. The predicted molar refractivity (Wildman–Crippen MR) is 387 cm³/mol. The second kappa shape index (κ2) is 27.4. The van der Waals surface area contributed by atoms with Gasteiger partial charge >= 0.3 is 0 Å². The van der Waals surface area contributed by atoms with Crippen LogP contribution in [0.3, 0.4) is 0 Å². The minimum absolute atomic E-state index is 0.0504. The summed E-state index contributed by atoms with van der Waals surface area (Å²) in [7, 11) is 0. The van der Waals surface area contributed by atoms with E-state index in [1.54, 1.807) is 11.3 Å². The zero-order valence-corrected chi connectivity index (χ0v) is 56.8. The molecule has 5 aliphatic rings. The van der Waals surface area contributed by atoms with E-state index in [9.17, 15) is 9.59 Å². The molecule has 0 radical (unpaired) electrons. The van der Waals surface area contributed by atoms with Crippen molar-refractivity contribution in [2.75, 3.05) is 25.0 Å². The van der Waals surface area contributed by atoms with Gasteiger partial charge in [-0.1, -0.05) is 166 Å². The zero-order valence-electron chi connectivity index (χ0n) is 56.0. The number of rotatable bonds is 12. The van der Waals surface area contributed by atoms with Crippen molar-refractivity contribution in [2.24, 2.45) is 25.0 Å². The molecule has 2 N–H and O–H groups in total. The number of benzene rings is 6. The highest BCUT2D eigenvalue weighted by Gasteiger charge is 2.36. The third-order valence-electron chi connectivity index (χ3n) is 18.2. The Hall–Kier alpha value is -10.6. The fraction of sp³-hybridized carbons (Fsp3) is 0.250. The number of aryl methyl sites for hydroxylation is 8. The van der Waals surface area contributed by atoms with Crippen LogP contribution < -0.4 is 10.6 Å². The summed E-state index contributed by atoms with van der Waals surface area (Å²) in [4.78, 5) is 52.2. The van der Waals surface area contributed by atoms with E-state index in [2.05, 4.69) is 199 Å². The third-order valence-corrected chi connectivity index (χ3v) is 19.4. The van der Waals surface area contributed by atoms with Gasteiger partial charge in [0, 0.05) is 67.8 Å². The Morgan fingerprint density at radius 1 is 0.458 bits per heavy atom. The number of anilines is 1. The first-order valence-corrected chi connectivity index (χ1v) is 33.6. The second-order valence-electron chi connectivity index (χ2n) is 25.1. The molecule has 2 amide bonds. The van der Waals surface area contributed by atoms with Crippen molar-refractivity contribution in [3.05, 3.63) is 257 Å². The summed E-state index contributed by atoms with van der Waals surface area (Å²) >= 11 is 1.74. The second-order valence-corrected chi connectivity index (χ2v) is 26.3. The summed E-state index contributed by atoms with van der Waals surface area (Å²) in [6.45, 7) is 24.5. The highest BCUT2D eigenvalue weighted by molar-refractivity contribution is 7.16. The lowest BCUT2D eigenvalue weighted by molar-refractivity contribution is -0.121. The molecular formula is C80H76N10O5S. The Kier molecular flexibility index (Phi) is 18.3. The van der Waals surface area contributed by atoms with Crippen molar-refractivity contribution < 1.29 is 23.2 Å². The van der Waals surface area contributed by atoms with Crippen molar-refractivity contribution in [1.82, 2.24) is 20.8 Å². The molecule has 9 heterocycles. The number of aliphatic imine (C=N–C) groups is 5. The monoisotopic (exact) mass is 1290 g/mol. The molecule has 16 heteroatoms. The molecule has 0 aliphatic carbocycles. The summed E-state index contributed by atoms with van der Waals surface area (Å²) in [5, 5.41) is 18.7. The lowest BCUT2D eigenvalue weighted by atomic mass is 9.90. The van der Waals surface area contributed by atoms with Gasteiger partial charge in [0.15, 0.2) is 17.3 Å². The minimum Gasteiger partial charge on any atom is -0.358 e. The maximum absolute atomic E-state index is 13.1. The molecule has 0 spiro atoms. The highest BCUT2D eigenvalue weighted by Crippen LogP contribution is 2.48. The maximum Gasteiger partial charge on any atom is 0.227 e. The molecule has 0 saturated heterocycles. The standard InChI is InChI=1S/C28H27N3O2S.C27H26N4O2.C25H23N3O/c1-15-6-10-20(11-7-15)26-24-17(3)19(5)34-28(24)25-18(4)31-33-27(25)22(30-26)14-23(32)29-21-12-8-16(2)9-13-21;1-4-29-24(32)14-23-27-25(17(3)31-33-27)21-10-9-19(20-11-12-28-15-20)13-22(21)26(30-23)18-7-5-16(2)6-8-18;1-4-22-25-23(16(3)28-29-25)20-10-9-18(19-11-12-26-14-19)13-21(20)24(27-22)17-7-5-15(2)6-8-17/h6-13,22H,14H2,1-5H3,(H,29,32);5-11,13,15,23H,4,12,14H2,1-3H3,(H,29,32);5-11,13-14,22H,4,12H2,1-3H3/t22-;23-;22-/m000/s1. The number of carbonyl (C=O) groups is 2. The van der Waals surface area contributed by atoms with Gasteiger partial charge in [-0.05, 0) is 139 Å². The lowest BCUT2D eigenvalue weighted by Crippen LogP contribution is -2.24. The van der Waals surface area contributed by atoms with Crippen LogP contribution in [0.1, 0.15) is 163 Å². The molecule has 4 aromatic heterocycles. The SMILES string of the molecule is CCNC(=O)C[C@@H]1N=C(c2ccc(C)cc2)c2cc(C3=CCN=C3)ccc2-c2c(C)noc21.CC[C@@H]1N=C(c2ccc(C)cc2)c2cc(C3=CCN=C3)ccc2-c2c(C)noc21.Cc1ccc(NC(=O)C[C@@H]2N=C(c3ccc(C)cc3)c3c(sc(C)c3C)-c3c(C)noc32)cc1. The van der Waals surface area contributed by atoms with Crippen molar-refractivity contribution in [1.29, 1.82) is 0 Å². The van der Waals surface area contributed by atoms with Gasteiger partial charge in [0.2, 0.25) is 11.8 Å². The Bertz CT molecular complexity index is 4870. The molecular weight excluding hydrogens is 1210 g/mol. The van der Waals surface area contributed by atoms with Crippen molar-refractivity contribution >= 4 is 69.5 Å². The summed E-state index contributed by atoms with van der Waals surface area (Å²) in [5.41, 5.74) is 28.0. The average Bonchev–Trinajstić information content (AvgIpc) is 1.60. The lowest BCUT2D eigenvalue weighted by Gasteiger charge is -2.14. The summed E-state index contributed by atoms with van der Waals surface area (Å²) in [5.74, 6) is 1.98. The van der Waals surface area contributed by atoms with Gasteiger partial charge in [-0.2, -0.15) is 0 Å². The maximum atomic E-state index is 13.1. The largest absolute Gasteiger partial charge is 0.358 e. The number of nitrogens with one attached hydrogen (secondary N) is 2. The molecule has 0 saturated carbocycles. The molecule has 10 aromatic rings. The zero-order chi connectivity index (χ0) is 66.9. The van der Waals surface area contributed by atoms with E-state index in [4.69, 9.17) is 28.5 Å². The highest BCUT2D eigenvalue weighted by atomic mass is 32.1. The quantitative estimate of drug-likeness (QED) is 0.120. The first kappa shape index (κ1) is 64.1. The Labute approximate surface area is 563 Å². The van der Waals surface area contributed by atoms with Crippen LogP contribution in [0.25, 0.3) is 43.8 Å². The van der Waals surface area contributed by atoms with Crippen LogP contribution in [0.2, 0.25) is 0 Å². The number of allylic oxidation sites excluding steroid dienone is 2. The van der Waals surface area contributed by atoms with Crippen LogP contribution >= 0.6 is 11.3 Å². The predicted octanol–water partition coefficient (Wildman–Crippen LogP) is 17.4. The number of amides is 2. The van der Waals surface area contributed by atoms with Gasteiger partial charge < -0.3 is 24.2 Å². The minimum atomic E-state index is -0.475. The molecule has 482 valence electrons. The molecule has 0 bridgehead atoms. The molecule has 3 atom stereocenters. The van der Waals surface area contributed by atoms with Gasteiger partial charge in [0.25, 0.3) is 0 Å². The van der Waals surface area contributed by atoms with Gasteiger partial charge in [0.1, 0.15) is 18.1 Å². The summed E-state index contributed by atoms with van der Waals surface area (Å²) in [6, 6.07) is 45.1. The van der Waals surface area contributed by atoms with E-state index in [1.807, 2.05) is 71.3 Å². The van der Waals surface area contributed by atoms with E-state index in [1.165, 1.54) is 27.1 Å². The number of thiophene rings is 1. The summed E-state index contributed by atoms with van der Waals surface area (Å²) in [6.07, 6.45) is 9.36. The Morgan fingerprint density at radius 2 is 0.865 bits per heavy atom. The van der Waals surface area contributed by atoms with E-state index in [0.717, 1.165) is 153 Å². The molecule has 15 nitrogen and oxygen atoms in total. The van der Waals surface area contributed by atoms with Crippen molar-refractivity contribution in [2.45, 2.75) is 114 Å². The van der Waals surface area contributed by atoms with Crippen LogP contribution in [-0.4, -0.2) is 76.5 Å². The topological polar surface area (TPSA) is 198 Å². The third kappa shape index (κ3) is 12.9. The first-order chi connectivity index (χ1) is 46.5. The summed E-state index contributed by atoms with van der Waals surface area (Å²) < 4.78 is 17.4. The van der Waals surface area contributed by atoms with E-state index in [0.29, 0.717) is 24.6 Å². The molecule has 96 heavy (non-hydrogen) atoms. The van der Waals surface area contributed by atoms with Crippen LogP contribution in [-0.2, 0) is 9.59 Å². The molecule has 5 aliphatic heterocycles. The molecule has 15 rings (SSSR count). The van der Waals surface area contributed by atoms with Gasteiger partial charge in [-0.3, -0.25) is 34.6 Å². The van der Waals surface area contributed by atoms with E-state index < -0.39 is 12.1 Å². The van der Waals surface area contributed by atoms with Crippen molar-refractivity contribution in [3.8, 4) is 32.7 Å². The Morgan fingerprint density at radius 3 is 1.32 bits per heavy atom. The van der Waals surface area contributed by atoms with E-state index >= 15 is 0 Å². The number of nitrogens with zero attached hydrogens (tertiary/aromatic N) is 8. The molecule has 6 aromatic carbocycles. The molecule has 0 fully saturated rings. The van der Waals surface area contributed by atoms with Gasteiger partial charge in [-0.15, -0.1) is 11.3 Å². The van der Waals surface area contributed by atoms with Gasteiger partial charge in [0.05, 0.1) is 76.8 Å². The fourth-order valence-electron chi connectivity index (χ4n) is 12.9. The van der Waals surface area contributed by atoms with Crippen LogP contribution in [0, 0.1) is 62.3 Å². The fourth-order valence-corrected chi connectivity index (χ4v) is 14.2. The number of carbonyl (C=O) groups excluding carboxylic acids is 2. The van der Waals surface area contributed by atoms with Crippen LogP contribution in [0.15, 0.2) is 184 Å². The number of aromatic nitrogens is 3. The Balaban J connectivity index is 0.000000131. The van der Waals surface area contributed by atoms with Crippen LogP contribution in [0.4, 0.5) is 5.69 Å². The number of fused-ring (bicyclic) bond motifs is 9. The van der Waals surface area contributed by atoms with E-state index in [-0.39, 0.29) is 30.7 Å². The number of hydrogen-bond acceptors (Lipinski definition) is 14. The first-order valence-electron chi connectivity index (χ1n) is 32.8. The van der Waals surface area contributed by atoms with Crippen molar-refractivity contribution in [3.63, 3.8) is 0 Å². The number of hydrogen-bond donors (Lipinski definition) is 2. The van der Waals surface area contributed by atoms with Gasteiger partial charge in [-0.25, -0.2) is 0 Å².